The number of ether oxygens (including phenoxy) is 1. The lowest BCUT2D eigenvalue weighted by Crippen LogP contribution is -2.53. The highest BCUT2D eigenvalue weighted by atomic mass is 16.5. The Bertz CT molecular complexity index is 293. The summed E-state index contributed by atoms with van der Waals surface area (Å²) in [5, 5.41) is 3.17. The zero-order valence-electron chi connectivity index (χ0n) is 11.6. The summed E-state index contributed by atoms with van der Waals surface area (Å²) in [7, 11) is 4.26. The van der Waals surface area contributed by atoms with Crippen LogP contribution >= 0.6 is 0 Å². The number of nitrogens with two attached hydrogens (primary N) is 1. The van der Waals surface area contributed by atoms with Crippen LogP contribution in [-0.4, -0.2) is 56.3 Å². The van der Waals surface area contributed by atoms with Crippen molar-refractivity contribution in [3.8, 4) is 0 Å². The summed E-state index contributed by atoms with van der Waals surface area (Å²) in [4.78, 5) is 6.77. The van der Waals surface area contributed by atoms with Crippen molar-refractivity contribution in [1.82, 2.24) is 10.2 Å². The molecule has 3 N–H and O–H groups in total. The van der Waals surface area contributed by atoms with Gasteiger partial charge in [-0.25, -0.2) is 0 Å². The van der Waals surface area contributed by atoms with Crippen molar-refractivity contribution >= 4 is 5.96 Å². The molecular weight excluding hydrogens is 228 g/mol. The van der Waals surface area contributed by atoms with E-state index in [-0.39, 0.29) is 5.54 Å². The van der Waals surface area contributed by atoms with Crippen molar-refractivity contribution in [2.24, 2.45) is 10.7 Å². The lowest BCUT2D eigenvalue weighted by atomic mass is 9.76. The zero-order chi connectivity index (χ0) is 13.0. The fraction of sp³-hybridized carbons (Fsp3) is 0.923. The highest BCUT2D eigenvalue weighted by Crippen LogP contribution is 2.36. The Morgan fingerprint density at radius 3 is 2.72 bits per heavy atom. The maximum atomic E-state index is 5.90. The molecule has 0 aromatic carbocycles. The molecule has 104 valence electrons. The highest BCUT2D eigenvalue weighted by molar-refractivity contribution is 5.77. The van der Waals surface area contributed by atoms with Gasteiger partial charge in [-0.05, 0) is 46.2 Å². The number of nitrogens with zero attached hydrogens (tertiary/aromatic N) is 2. The Hall–Kier alpha value is -0.810. The maximum absolute atomic E-state index is 5.90. The van der Waals surface area contributed by atoms with Crippen LogP contribution in [0.25, 0.3) is 0 Å². The summed E-state index contributed by atoms with van der Waals surface area (Å²) in [6.07, 6.45) is 6.35. The molecule has 1 unspecified atom stereocenters. The number of hydrogen-bond donors (Lipinski definition) is 2. The Balaban J connectivity index is 1.74. The predicted octanol–water partition coefficient (Wildman–Crippen LogP) is 0.554. The van der Waals surface area contributed by atoms with E-state index in [1.807, 2.05) is 0 Å². The van der Waals surface area contributed by atoms with Gasteiger partial charge in [-0.15, -0.1) is 0 Å². The minimum atomic E-state index is 0.246. The van der Waals surface area contributed by atoms with Gasteiger partial charge in [-0.1, -0.05) is 0 Å². The third-order valence-electron chi connectivity index (χ3n) is 4.31. The average molecular weight is 254 g/mol. The summed E-state index contributed by atoms with van der Waals surface area (Å²) in [6.45, 7) is 2.46. The molecule has 1 saturated heterocycles. The Kier molecular flexibility index (Phi) is 4.45. The third kappa shape index (κ3) is 3.14. The maximum Gasteiger partial charge on any atom is 0.188 e. The first-order valence-corrected chi connectivity index (χ1v) is 6.95. The fourth-order valence-corrected chi connectivity index (χ4v) is 2.64. The molecule has 5 nitrogen and oxygen atoms in total. The molecule has 1 atom stereocenters. The van der Waals surface area contributed by atoms with Gasteiger partial charge >= 0.3 is 0 Å². The molecule has 2 aliphatic rings. The first-order valence-electron chi connectivity index (χ1n) is 6.95. The van der Waals surface area contributed by atoms with E-state index in [0.717, 1.165) is 32.5 Å². The van der Waals surface area contributed by atoms with E-state index >= 15 is 0 Å². The van der Waals surface area contributed by atoms with E-state index in [9.17, 15) is 0 Å². The van der Waals surface area contributed by atoms with Crippen LogP contribution < -0.4 is 11.1 Å². The van der Waals surface area contributed by atoms with Gasteiger partial charge in [0.25, 0.3) is 0 Å². The molecule has 2 fully saturated rings. The monoisotopic (exact) mass is 254 g/mol. The molecule has 1 aliphatic carbocycles. The summed E-state index contributed by atoms with van der Waals surface area (Å²) in [6, 6.07) is 0. The smallest absolute Gasteiger partial charge is 0.188 e. The molecule has 1 saturated carbocycles. The minimum absolute atomic E-state index is 0.246. The summed E-state index contributed by atoms with van der Waals surface area (Å²) < 4.78 is 5.54. The summed E-state index contributed by atoms with van der Waals surface area (Å²) >= 11 is 0. The molecule has 0 radical (unpaired) electrons. The Morgan fingerprint density at radius 2 is 2.22 bits per heavy atom. The van der Waals surface area contributed by atoms with E-state index < -0.39 is 0 Å². The molecule has 1 aliphatic heterocycles. The number of rotatable bonds is 5. The minimum Gasteiger partial charge on any atom is -0.376 e. The second kappa shape index (κ2) is 5.89. The summed E-state index contributed by atoms with van der Waals surface area (Å²) in [5.74, 6) is 0.554. The molecule has 2 rings (SSSR count). The van der Waals surface area contributed by atoms with Crippen LogP contribution in [0.2, 0.25) is 0 Å². The molecule has 18 heavy (non-hydrogen) atoms. The van der Waals surface area contributed by atoms with Crippen LogP contribution in [0.3, 0.4) is 0 Å². The Morgan fingerprint density at radius 1 is 1.44 bits per heavy atom. The van der Waals surface area contributed by atoms with E-state index in [1.165, 1.54) is 19.3 Å². The standard InChI is InChI=1S/C13H26N4O/c1-17(2)13(6-4-7-13)10-16-12(14)15-9-11-5-3-8-18-11/h11H,3-10H2,1-2H3,(H3,14,15,16). The molecule has 5 heteroatoms. The lowest BCUT2D eigenvalue weighted by molar-refractivity contribution is 0.0699. The SMILES string of the molecule is CN(C)C1(CN=C(N)NCC2CCCO2)CCC1. The predicted molar refractivity (Wildman–Crippen MR) is 73.7 cm³/mol. The van der Waals surface area contributed by atoms with E-state index in [1.54, 1.807) is 0 Å². The zero-order valence-corrected chi connectivity index (χ0v) is 11.6. The molecule has 0 bridgehead atoms. The van der Waals surface area contributed by atoms with Crippen molar-refractivity contribution in [2.75, 3.05) is 33.8 Å². The van der Waals surface area contributed by atoms with Crippen LogP contribution in [0.1, 0.15) is 32.1 Å². The van der Waals surface area contributed by atoms with Crippen molar-refractivity contribution in [3.63, 3.8) is 0 Å². The quantitative estimate of drug-likeness (QED) is 0.556. The van der Waals surface area contributed by atoms with Crippen molar-refractivity contribution < 1.29 is 4.74 Å². The molecule has 0 aromatic heterocycles. The van der Waals surface area contributed by atoms with Crippen LogP contribution in [0, 0.1) is 0 Å². The first-order chi connectivity index (χ1) is 8.62. The molecular formula is C13H26N4O. The van der Waals surface area contributed by atoms with Gasteiger partial charge in [0, 0.05) is 18.7 Å². The average Bonchev–Trinajstić information content (AvgIpc) is 2.77. The normalized spacial score (nSPS) is 27.3. The van der Waals surface area contributed by atoms with Crippen LogP contribution in [-0.2, 0) is 4.74 Å². The number of hydrogen-bond acceptors (Lipinski definition) is 3. The highest BCUT2D eigenvalue weighted by Gasteiger charge is 2.38. The van der Waals surface area contributed by atoms with Crippen molar-refractivity contribution in [3.05, 3.63) is 0 Å². The fourth-order valence-electron chi connectivity index (χ4n) is 2.64. The van der Waals surface area contributed by atoms with Gasteiger partial charge in [0.05, 0.1) is 12.6 Å². The molecule has 0 aromatic rings. The second-order valence-electron chi connectivity index (χ2n) is 5.69. The van der Waals surface area contributed by atoms with Gasteiger partial charge in [0.2, 0.25) is 0 Å². The third-order valence-corrected chi connectivity index (χ3v) is 4.31. The molecule has 0 spiro atoms. The van der Waals surface area contributed by atoms with Crippen LogP contribution in [0.15, 0.2) is 4.99 Å². The van der Waals surface area contributed by atoms with Crippen LogP contribution in [0.4, 0.5) is 0 Å². The largest absolute Gasteiger partial charge is 0.376 e. The van der Waals surface area contributed by atoms with Crippen molar-refractivity contribution in [1.29, 1.82) is 0 Å². The van der Waals surface area contributed by atoms with Gasteiger partial charge < -0.3 is 20.7 Å². The number of likely N-dealkylation sites (N-methyl/N-ethyl adjacent to an activating group) is 1. The molecule has 1 heterocycles. The lowest BCUT2D eigenvalue weighted by Gasteiger charge is -2.46. The molecule has 0 amide bonds. The van der Waals surface area contributed by atoms with E-state index in [4.69, 9.17) is 10.5 Å². The summed E-state index contributed by atoms with van der Waals surface area (Å²) in [5.41, 5.74) is 6.15. The van der Waals surface area contributed by atoms with Gasteiger partial charge in [-0.2, -0.15) is 0 Å². The first kappa shape index (κ1) is 13.6. The van der Waals surface area contributed by atoms with Crippen molar-refractivity contribution in [2.45, 2.75) is 43.7 Å². The number of aliphatic imine (C=N–C) groups is 1. The topological polar surface area (TPSA) is 62.9 Å². The van der Waals surface area contributed by atoms with Gasteiger partial charge in [0.1, 0.15) is 0 Å². The number of guanidine groups is 1. The number of nitrogens with one attached hydrogen (secondary N) is 1. The van der Waals surface area contributed by atoms with E-state index in [0.29, 0.717) is 12.1 Å². The van der Waals surface area contributed by atoms with Crippen LogP contribution in [0.5, 0.6) is 0 Å². The van der Waals surface area contributed by atoms with Gasteiger partial charge in [0.15, 0.2) is 5.96 Å². The van der Waals surface area contributed by atoms with E-state index in [2.05, 4.69) is 29.3 Å². The second-order valence-corrected chi connectivity index (χ2v) is 5.69. The Labute approximate surface area is 110 Å². The van der Waals surface area contributed by atoms with Gasteiger partial charge in [-0.3, -0.25) is 4.99 Å².